The molecule has 0 saturated heterocycles. The summed E-state index contributed by atoms with van der Waals surface area (Å²) in [5.41, 5.74) is 1.68. The second kappa shape index (κ2) is 7.50. The monoisotopic (exact) mass is 416 g/mol. The first kappa shape index (κ1) is 17.3. The third-order valence-corrected chi connectivity index (χ3v) is 6.45. The Hall–Kier alpha value is -0.0200. The van der Waals surface area contributed by atoms with Crippen molar-refractivity contribution < 1.29 is 4.74 Å². The van der Waals surface area contributed by atoms with Crippen LogP contribution in [0, 0.1) is 11.3 Å². The van der Waals surface area contributed by atoms with Gasteiger partial charge in [-0.1, -0.05) is 58.5 Å². The molecule has 1 aliphatic rings. The van der Waals surface area contributed by atoms with Crippen LogP contribution >= 0.6 is 31.9 Å². The molecule has 1 aromatic rings. The number of alkyl halides is 1. The quantitative estimate of drug-likeness (QED) is 0.457. The zero-order valence-electron chi connectivity index (χ0n) is 13.3. The molecule has 1 nitrogen and oxygen atoms in total. The van der Waals surface area contributed by atoms with Gasteiger partial charge in [-0.05, 0) is 55.7 Å². The third-order valence-electron chi connectivity index (χ3n) is 4.50. The molecule has 1 unspecified atom stereocenters. The van der Waals surface area contributed by atoms with Crippen molar-refractivity contribution in [2.75, 3.05) is 6.61 Å². The lowest BCUT2D eigenvalue weighted by molar-refractivity contribution is 0.226. The lowest BCUT2D eigenvalue weighted by Crippen LogP contribution is -2.25. The van der Waals surface area contributed by atoms with Crippen molar-refractivity contribution in [2.24, 2.45) is 11.3 Å². The van der Waals surface area contributed by atoms with Crippen LogP contribution in [0.15, 0.2) is 22.7 Å². The summed E-state index contributed by atoms with van der Waals surface area (Å²) in [6.45, 7) is 7.44. The van der Waals surface area contributed by atoms with E-state index in [2.05, 4.69) is 70.8 Å². The molecule has 0 heterocycles. The van der Waals surface area contributed by atoms with Gasteiger partial charge in [0.2, 0.25) is 0 Å². The van der Waals surface area contributed by atoms with Gasteiger partial charge in [-0.2, -0.15) is 0 Å². The highest BCUT2D eigenvalue weighted by atomic mass is 79.9. The van der Waals surface area contributed by atoms with Crippen LogP contribution < -0.4 is 4.74 Å². The van der Waals surface area contributed by atoms with Crippen LogP contribution in [0.2, 0.25) is 0 Å². The molecule has 1 aliphatic carbocycles. The van der Waals surface area contributed by atoms with Gasteiger partial charge in [-0.25, -0.2) is 0 Å². The SMILES string of the molecule is CCOc1ccc(Br)cc1C(Br)C1(CC(C)C)CCCC1. The summed E-state index contributed by atoms with van der Waals surface area (Å²) < 4.78 is 7.00. The van der Waals surface area contributed by atoms with Crippen LogP contribution in [0.4, 0.5) is 0 Å². The molecular formula is C18H26Br2O. The Balaban J connectivity index is 2.36. The summed E-state index contributed by atoms with van der Waals surface area (Å²) in [7, 11) is 0. The molecule has 1 fully saturated rings. The lowest BCUT2D eigenvalue weighted by atomic mass is 9.74. The number of ether oxygens (including phenoxy) is 1. The van der Waals surface area contributed by atoms with Gasteiger partial charge in [0.25, 0.3) is 0 Å². The molecule has 118 valence electrons. The van der Waals surface area contributed by atoms with Gasteiger partial charge in [-0.3, -0.25) is 0 Å². The molecule has 0 radical (unpaired) electrons. The molecule has 1 saturated carbocycles. The van der Waals surface area contributed by atoms with Crippen molar-refractivity contribution >= 4 is 31.9 Å². The topological polar surface area (TPSA) is 9.23 Å². The highest BCUT2D eigenvalue weighted by Crippen LogP contribution is 2.57. The van der Waals surface area contributed by atoms with Gasteiger partial charge in [-0.15, -0.1) is 0 Å². The predicted octanol–water partition coefficient (Wildman–Crippen LogP) is 6.89. The Kier molecular flexibility index (Phi) is 6.19. The minimum atomic E-state index is 0.369. The van der Waals surface area contributed by atoms with Gasteiger partial charge < -0.3 is 4.74 Å². The second-order valence-corrected chi connectivity index (χ2v) is 8.48. The van der Waals surface area contributed by atoms with Crippen LogP contribution in [-0.2, 0) is 0 Å². The lowest BCUT2D eigenvalue weighted by Gasteiger charge is -2.37. The molecule has 0 aliphatic heterocycles. The summed E-state index contributed by atoms with van der Waals surface area (Å²) in [6, 6.07) is 6.39. The highest BCUT2D eigenvalue weighted by Gasteiger charge is 2.42. The normalized spacial score (nSPS) is 19.0. The second-order valence-electron chi connectivity index (χ2n) is 6.65. The van der Waals surface area contributed by atoms with Crippen LogP contribution in [0.3, 0.4) is 0 Å². The molecule has 1 aromatic carbocycles. The fourth-order valence-electron chi connectivity index (χ4n) is 3.79. The predicted molar refractivity (Wildman–Crippen MR) is 97.3 cm³/mol. The van der Waals surface area contributed by atoms with E-state index < -0.39 is 0 Å². The number of hydrogen-bond donors (Lipinski definition) is 0. The van der Waals surface area contributed by atoms with Crippen molar-refractivity contribution in [3.05, 3.63) is 28.2 Å². The molecule has 0 amide bonds. The minimum absolute atomic E-state index is 0.369. The fraction of sp³-hybridized carbons (Fsp3) is 0.667. The standard InChI is InChI=1S/C18H26Br2O/c1-4-21-16-8-7-14(19)11-15(16)17(20)18(12-13(2)3)9-5-6-10-18/h7-8,11,13,17H,4-6,9-10,12H2,1-3H3. The van der Waals surface area contributed by atoms with Crippen molar-refractivity contribution in [1.29, 1.82) is 0 Å². The van der Waals surface area contributed by atoms with Crippen molar-refractivity contribution in [3.63, 3.8) is 0 Å². The van der Waals surface area contributed by atoms with E-state index in [4.69, 9.17) is 4.74 Å². The Morgan fingerprint density at radius 2 is 1.90 bits per heavy atom. The number of halogens is 2. The Morgan fingerprint density at radius 1 is 1.24 bits per heavy atom. The van der Waals surface area contributed by atoms with Gasteiger partial charge in [0.1, 0.15) is 5.75 Å². The summed E-state index contributed by atoms with van der Waals surface area (Å²) in [5.74, 6) is 1.75. The van der Waals surface area contributed by atoms with E-state index in [1.807, 2.05) is 0 Å². The number of benzene rings is 1. The van der Waals surface area contributed by atoms with E-state index in [1.54, 1.807) is 0 Å². The largest absolute Gasteiger partial charge is 0.494 e. The van der Waals surface area contributed by atoms with Crippen LogP contribution in [0.1, 0.15) is 63.3 Å². The molecule has 21 heavy (non-hydrogen) atoms. The Labute approximate surface area is 146 Å². The van der Waals surface area contributed by atoms with Crippen LogP contribution in [-0.4, -0.2) is 6.61 Å². The molecule has 3 heteroatoms. The van der Waals surface area contributed by atoms with Crippen molar-refractivity contribution in [3.8, 4) is 5.75 Å². The van der Waals surface area contributed by atoms with Gasteiger partial charge in [0.05, 0.1) is 6.61 Å². The highest BCUT2D eigenvalue weighted by molar-refractivity contribution is 9.10. The van der Waals surface area contributed by atoms with E-state index in [0.717, 1.165) is 16.1 Å². The Bertz CT molecular complexity index is 464. The van der Waals surface area contributed by atoms with E-state index in [-0.39, 0.29) is 0 Å². The summed E-state index contributed by atoms with van der Waals surface area (Å²) >= 11 is 7.67. The average molecular weight is 418 g/mol. The molecular weight excluding hydrogens is 392 g/mol. The number of hydrogen-bond acceptors (Lipinski definition) is 1. The third kappa shape index (κ3) is 4.04. The molecule has 0 aromatic heterocycles. The maximum atomic E-state index is 5.87. The minimum Gasteiger partial charge on any atom is -0.494 e. The first-order valence-corrected chi connectivity index (χ1v) is 9.75. The Morgan fingerprint density at radius 3 is 2.48 bits per heavy atom. The van der Waals surface area contributed by atoms with Gasteiger partial charge in [0, 0.05) is 14.9 Å². The van der Waals surface area contributed by atoms with Crippen LogP contribution in [0.5, 0.6) is 5.75 Å². The smallest absolute Gasteiger partial charge is 0.123 e. The summed E-state index contributed by atoms with van der Waals surface area (Å²) in [6.07, 6.45) is 6.62. The van der Waals surface area contributed by atoms with E-state index in [0.29, 0.717) is 16.8 Å². The first-order valence-electron chi connectivity index (χ1n) is 8.05. The fourth-order valence-corrected chi connectivity index (χ4v) is 5.17. The zero-order chi connectivity index (χ0) is 15.5. The molecule has 0 bridgehead atoms. The van der Waals surface area contributed by atoms with E-state index >= 15 is 0 Å². The van der Waals surface area contributed by atoms with Crippen molar-refractivity contribution in [1.82, 2.24) is 0 Å². The van der Waals surface area contributed by atoms with Gasteiger partial charge >= 0.3 is 0 Å². The first-order chi connectivity index (χ1) is 9.98. The zero-order valence-corrected chi connectivity index (χ0v) is 16.5. The number of rotatable bonds is 6. The van der Waals surface area contributed by atoms with E-state index in [9.17, 15) is 0 Å². The van der Waals surface area contributed by atoms with E-state index in [1.165, 1.54) is 37.7 Å². The maximum absolute atomic E-state index is 5.87. The molecule has 2 rings (SSSR count). The maximum Gasteiger partial charge on any atom is 0.123 e. The summed E-state index contributed by atoms with van der Waals surface area (Å²) in [4.78, 5) is 0.369. The summed E-state index contributed by atoms with van der Waals surface area (Å²) in [5, 5.41) is 0. The van der Waals surface area contributed by atoms with Gasteiger partial charge in [0.15, 0.2) is 0 Å². The molecule has 0 N–H and O–H groups in total. The van der Waals surface area contributed by atoms with Crippen LogP contribution in [0.25, 0.3) is 0 Å². The average Bonchev–Trinajstić information content (AvgIpc) is 2.89. The molecule has 1 atom stereocenters. The molecule has 0 spiro atoms. The van der Waals surface area contributed by atoms with Crippen molar-refractivity contribution in [2.45, 2.75) is 57.7 Å².